The molecule has 5 N–H and O–H groups in total. The van der Waals surface area contributed by atoms with Crippen molar-refractivity contribution in [1.29, 1.82) is 0 Å². The van der Waals surface area contributed by atoms with Gasteiger partial charge in [-0.15, -0.1) is 6.58 Å². The van der Waals surface area contributed by atoms with Gasteiger partial charge >= 0.3 is 0 Å². The van der Waals surface area contributed by atoms with E-state index in [9.17, 15) is 0 Å². The van der Waals surface area contributed by atoms with Crippen LogP contribution in [0, 0.1) is 6.92 Å². The fourth-order valence-electron chi connectivity index (χ4n) is 1.33. The number of hydrazine groups is 1. The predicted octanol–water partition coefficient (Wildman–Crippen LogP) is 1.05. The van der Waals surface area contributed by atoms with Gasteiger partial charge in [0.2, 0.25) is 0 Å². The minimum absolute atomic E-state index is 0.0140. The Balaban J connectivity index is 3.01. The van der Waals surface area contributed by atoms with E-state index in [2.05, 4.69) is 17.0 Å². The maximum Gasteiger partial charge on any atom is 0.128 e. The molecule has 0 aromatic carbocycles. The maximum absolute atomic E-state index is 5.76. The van der Waals surface area contributed by atoms with Crippen molar-refractivity contribution in [1.82, 2.24) is 10.4 Å². The van der Waals surface area contributed by atoms with Gasteiger partial charge in [0.25, 0.3) is 0 Å². The van der Waals surface area contributed by atoms with Gasteiger partial charge in [-0.1, -0.05) is 6.08 Å². The molecular weight excluding hydrogens is 176 g/mol. The Labute approximate surface area is 84.0 Å². The van der Waals surface area contributed by atoms with Gasteiger partial charge < -0.3 is 5.73 Å². The summed E-state index contributed by atoms with van der Waals surface area (Å²) in [6, 6.07) is 1.97. The van der Waals surface area contributed by atoms with Gasteiger partial charge in [-0.3, -0.25) is 11.3 Å². The van der Waals surface area contributed by atoms with Gasteiger partial charge in [-0.05, 0) is 25.0 Å². The third-order valence-electron chi connectivity index (χ3n) is 2.07. The van der Waals surface area contributed by atoms with Crippen molar-refractivity contribution in [3.05, 3.63) is 36.0 Å². The monoisotopic (exact) mass is 192 g/mol. The van der Waals surface area contributed by atoms with Crippen LogP contribution >= 0.6 is 0 Å². The lowest BCUT2D eigenvalue weighted by atomic mass is 10.0. The van der Waals surface area contributed by atoms with Gasteiger partial charge in [-0.2, -0.15) is 0 Å². The SMILES string of the molecule is C=CCC(NN)c1cc(C)cnc1N. The van der Waals surface area contributed by atoms with Crippen LogP contribution in [0.3, 0.4) is 0 Å². The summed E-state index contributed by atoms with van der Waals surface area (Å²) in [7, 11) is 0. The number of rotatable bonds is 4. The molecule has 4 nitrogen and oxygen atoms in total. The Morgan fingerprint density at radius 3 is 3.00 bits per heavy atom. The Morgan fingerprint density at radius 1 is 1.71 bits per heavy atom. The Hall–Kier alpha value is -1.39. The minimum Gasteiger partial charge on any atom is -0.383 e. The molecule has 0 aliphatic rings. The van der Waals surface area contributed by atoms with Crippen LogP contribution in [0.25, 0.3) is 0 Å². The van der Waals surface area contributed by atoms with Crippen LogP contribution in [0.4, 0.5) is 5.82 Å². The number of nitrogens with two attached hydrogens (primary N) is 2. The zero-order chi connectivity index (χ0) is 10.6. The number of hydrogen-bond donors (Lipinski definition) is 3. The fourth-order valence-corrected chi connectivity index (χ4v) is 1.33. The van der Waals surface area contributed by atoms with Crippen molar-refractivity contribution in [2.45, 2.75) is 19.4 Å². The first kappa shape index (κ1) is 10.7. The molecule has 1 heterocycles. The normalized spacial score (nSPS) is 12.4. The summed E-state index contributed by atoms with van der Waals surface area (Å²) in [5.41, 5.74) is 10.4. The summed E-state index contributed by atoms with van der Waals surface area (Å²) < 4.78 is 0. The van der Waals surface area contributed by atoms with Gasteiger partial charge in [0.05, 0.1) is 6.04 Å². The second-order valence-electron chi connectivity index (χ2n) is 3.23. The summed E-state index contributed by atoms with van der Waals surface area (Å²) in [6.07, 6.45) is 4.26. The third kappa shape index (κ3) is 2.31. The lowest BCUT2D eigenvalue weighted by Gasteiger charge is -2.16. The predicted molar refractivity (Wildman–Crippen MR) is 58.3 cm³/mol. The molecule has 0 spiro atoms. The first-order chi connectivity index (χ1) is 6.69. The van der Waals surface area contributed by atoms with E-state index in [4.69, 9.17) is 11.6 Å². The van der Waals surface area contributed by atoms with Crippen molar-refractivity contribution in [2.75, 3.05) is 5.73 Å². The van der Waals surface area contributed by atoms with Gasteiger partial charge in [0.1, 0.15) is 5.82 Å². The largest absolute Gasteiger partial charge is 0.383 e. The summed E-state index contributed by atoms with van der Waals surface area (Å²) in [6.45, 7) is 5.64. The maximum atomic E-state index is 5.76. The van der Waals surface area contributed by atoms with E-state index in [1.807, 2.05) is 13.0 Å². The van der Waals surface area contributed by atoms with Crippen LogP contribution in [0.2, 0.25) is 0 Å². The molecule has 0 radical (unpaired) electrons. The standard InChI is InChI=1S/C10H16N4/c1-3-4-9(14-12)8-5-7(2)6-13-10(8)11/h3,5-6,9,14H,1,4,12H2,2H3,(H2,11,13). The first-order valence-corrected chi connectivity index (χ1v) is 4.48. The van der Waals surface area contributed by atoms with Gasteiger partial charge in [0.15, 0.2) is 0 Å². The highest BCUT2D eigenvalue weighted by Crippen LogP contribution is 2.21. The van der Waals surface area contributed by atoms with Crippen LogP contribution in [-0.4, -0.2) is 4.98 Å². The van der Waals surface area contributed by atoms with Crippen LogP contribution in [0.5, 0.6) is 0 Å². The number of anilines is 1. The topological polar surface area (TPSA) is 77.0 Å². The van der Waals surface area contributed by atoms with Crippen LogP contribution in [-0.2, 0) is 0 Å². The molecule has 0 fully saturated rings. The summed E-state index contributed by atoms with van der Waals surface area (Å²) in [5, 5.41) is 0. The fraction of sp³-hybridized carbons (Fsp3) is 0.300. The van der Waals surface area contributed by atoms with Crippen LogP contribution in [0.1, 0.15) is 23.6 Å². The Kier molecular flexibility index (Phi) is 3.62. The number of pyridine rings is 1. The number of nitrogens with zero attached hydrogens (tertiary/aromatic N) is 1. The van der Waals surface area contributed by atoms with E-state index in [0.717, 1.165) is 17.5 Å². The number of aryl methyl sites for hydroxylation is 1. The second-order valence-corrected chi connectivity index (χ2v) is 3.23. The molecule has 4 heteroatoms. The number of nitrogen functional groups attached to an aromatic ring is 1. The Bertz CT molecular complexity index is 322. The molecule has 0 aliphatic carbocycles. The number of aromatic nitrogens is 1. The molecule has 14 heavy (non-hydrogen) atoms. The highest BCUT2D eigenvalue weighted by atomic mass is 15.2. The van der Waals surface area contributed by atoms with E-state index in [1.165, 1.54) is 0 Å². The molecule has 0 aliphatic heterocycles. The zero-order valence-electron chi connectivity index (χ0n) is 8.33. The van der Waals surface area contributed by atoms with E-state index in [1.54, 1.807) is 12.3 Å². The molecule has 76 valence electrons. The third-order valence-corrected chi connectivity index (χ3v) is 2.07. The van der Waals surface area contributed by atoms with E-state index in [0.29, 0.717) is 5.82 Å². The molecule has 1 aromatic rings. The molecule has 1 rings (SSSR count). The van der Waals surface area contributed by atoms with E-state index < -0.39 is 0 Å². The highest BCUT2D eigenvalue weighted by Gasteiger charge is 2.11. The molecular formula is C10H16N4. The van der Waals surface area contributed by atoms with E-state index >= 15 is 0 Å². The highest BCUT2D eigenvalue weighted by molar-refractivity contribution is 5.43. The summed E-state index contributed by atoms with van der Waals surface area (Å²) in [4.78, 5) is 4.08. The van der Waals surface area contributed by atoms with Crippen molar-refractivity contribution in [3.63, 3.8) is 0 Å². The van der Waals surface area contributed by atoms with Crippen molar-refractivity contribution >= 4 is 5.82 Å². The average molecular weight is 192 g/mol. The quantitative estimate of drug-likeness (QED) is 0.378. The zero-order valence-corrected chi connectivity index (χ0v) is 8.33. The van der Waals surface area contributed by atoms with Gasteiger partial charge in [0, 0.05) is 11.8 Å². The van der Waals surface area contributed by atoms with Gasteiger partial charge in [-0.25, -0.2) is 4.98 Å². The first-order valence-electron chi connectivity index (χ1n) is 4.48. The second kappa shape index (κ2) is 4.74. The molecule has 1 unspecified atom stereocenters. The summed E-state index contributed by atoms with van der Waals surface area (Å²) >= 11 is 0. The molecule has 1 aromatic heterocycles. The molecule has 0 bridgehead atoms. The van der Waals surface area contributed by atoms with Crippen molar-refractivity contribution in [3.8, 4) is 0 Å². The lowest BCUT2D eigenvalue weighted by Crippen LogP contribution is -2.28. The Morgan fingerprint density at radius 2 is 2.43 bits per heavy atom. The van der Waals surface area contributed by atoms with Crippen LogP contribution in [0.15, 0.2) is 24.9 Å². The van der Waals surface area contributed by atoms with E-state index in [-0.39, 0.29) is 6.04 Å². The molecule has 1 atom stereocenters. The molecule has 0 saturated carbocycles. The number of nitrogens with one attached hydrogen (secondary N) is 1. The smallest absolute Gasteiger partial charge is 0.128 e. The minimum atomic E-state index is -0.0140. The molecule has 0 amide bonds. The van der Waals surface area contributed by atoms with Crippen LogP contribution < -0.4 is 17.0 Å². The number of hydrogen-bond acceptors (Lipinski definition) is 4. The average Bonchev–Trinajstić information content (AvgIpc) is 2.18. The van der Waals surface area contributed by atoms with Crippen molar-refractivity contribution < 1.29 is 0 Å². The van der Waals surface area contributed by atoms with Crippen molar-refractivity contribution in [2.24, 2.45) is 5.84 Å². The lowest BCUT2D eigenvalue weighted by molar-refractivity contribution is 0.561. The molecule has 0 saturated heterocycles. The summed E-state index contributed by atoms with van der Waals surface area (Å²) in [5.74, 6) is 5.94.